The molecule has 1 aliphatic heterocycles. The Morgan fingerprint density at radius 1 is 1.10 bits per heavy atom. The van der Waals surface area contributed by atoms with Crippen LogP contribution in [0.3, 0.4) is 0 Å². The van der Waals surface area contributed by atoms with Gasteiger partial charge in [0, 0.05) is 44.1 Å². The normalized spacial score (nSPS) is 13.5. The highest BCUT2D eigenvalue weighted by Crippen LogP contribution is 2.26. The van der Waals surface area contributed by atoms with E-state index in [4.69, 9.17) is 4.74 Å². The molecule has 1 fully saturated rings. The lowest BCUT2D eigenvalue weighted by molar-refractivity contribution is 0.101. The van der Waals surface area contributed by atoms with E-state index < -0.39 is 11.8 Å². The summed E-state index contributed by atoms with van der Waals surface area (Å²) in [5.74, 6) is -0.276. The predicted octanol–water partition coefficient (Wildman–Crippen LogP) is 1.86. The van der Waals surface area contributed by atoms with E-state index in [-0.39, 0.29) is 10.0 Å². The number of nitrogens with one attached hydrogen (secondary N) is 3. The quantitative estimate of drug-likeness (QED) is 0.532. The third kappa shape index (κ3) is 4.95. The van der Waals surface area contributed by atoms with Gasteiger partial charge in [-0.2, -0.15) is 0 Å². The number of anilines is 3. The molecule has 11 heteroatoms. The van der Waals surface area contributed by atoms with Crippen LogP contribution in [0.2, 0.25) is 0 Å². The zero-order valence-corrected chi connectivity index (χ0v) is 17.6. The van der Waals surface area contributed by atoms with E-state index in [9.17, 15) is 9.59 Å². The molecular formula is C20H21N7O3S. The van der Waals surface area contributed by atoms with Crippen molar-refractivity contribution in [3.8, 4) is 5.75 Å². The molecule has 3 N–H and O–H groups in total. The average Bonchev–Trinajstić information content (AvgIpc) is 3.31. The van der Waals surface area contributed by atoms with Gasteiger partial charge in [-0.05, 0) is 18.2 Å². The molecule has 10 nitrogen and oxygen atoms in total. The Labute approximate surface area is 182 Å². The summed E-state index contributed by atoms with van der Waals surface area (Å²) in [6, 6.07) is 8.82. The number of rotatable bonds is 6. The van der Waals surface area contributed by atoms with E-state index >= 15 is 0 Å². The summed E-state index contributed by atoms with van der Waals surface area (Å²) in [4.78, 5) is 31.5. The van der Waals surface area contributed by atoms with Crippen LogP contribution >= 0.6 is 11.3 Å². The summed E-state index contributed by atoms with van der Waals surface area (Å²) in [6.45, 7) is 3.41. The fraction of sp³-hybridized carbons (Fsp3) is 0.250. The number of hydrogen-bond acceptors (Lipinski definition) is 9. The Bertz CT molecular complexity index is 1080. The molecular weight excluding hydrogens is 418 g/mol. The van der Waals surface area contributed by atoms with Gasteiger partial charge in [-0.25, -0.2) is 0 Å². The lowest BCUT2D eigenvalue weighted by Crippen LogP contribution is -2.43. The van der Waals surface area contributed by atoms with E-state index in [0.29, 0.717) is 17.1 Å². The minimum Gasteiger partial charge on any atom is -0.497 e. The summed E-state index contributed by atoms with van der Waals surface area (Å²) < 4.78 is 5.15. The summed E-state index contributed by atoms with van der Waals surface area (Å²) >= 11 is 0.917. The molecule has 0 spiro atoms. The van der Waals surface area contributed by atoms with Gasteiger partial charge in [0.2, 0.25) is 10.0 Å². The van der Waals surface area contributed by atoms with Crippen LogP contribution in [0.5, 0.6) is 5.75 Å². The van der Waals surface area contributed by atoms with Gasteiger partial charge in [-0.15, -0.1) is 10.2 Å². The van der Waals surface area contributed by atoms with Crippen LogP contribution in [0.25, 0.3) is 0 Å². The van der Waals surface area contributed by atoms with E-state index in [0.717, 1.165) is 43.2 Å². The molecule has 0 atom stereocenters. The van der Waals surface area contributed by atoms with Gasteiger partial charge in [-0.3, -0.25) is 14.6 Å². The molecule has 4 rings (SSSR count). The Balaban J connectivity index is 1.44. The molecule has 0 radical (unpaired) electrons. The fourth-order valence-electron chi connectivity index (χ4n) is 3.13. The molecule has 0 aliphatic carbocycles. The fourth-order valence-corrected chi connectivity index (χ4v) is 3.77. The van der Waals surface area contributed by atoms with Gasteiger partial charge in [0.05, 0.1) is 24.7 Å². The SMILES string of the molecule is COc1cccc(NC(=O)c2nnc(C(=O)Nc3cnccc3N3CCNCC3)s2)c1. The van der Waals surface area contributed by atoms with Crippen molar-refractivity contribution in [1.29, 1.82) is 0 Å². The summed E-state index contributed by atoms with van der Waals surface area (Å²) in [5, 5.41) is 16.8. The van der Waals surface area contributed by atoms with E-state index in [1.54, 1.807) is 43.8 Å². The molecule has 2 amide bonds. The van der Waals surface area contributed by atoms with Gasteiger partial charge in [-0.1, -0.05) is 17.4 Å². The maximum absolute atomic E-state index is 12.7. The first-order valence-corrected chi connectivity index (χ1v) is 10.5. The molecule has 2 aromatic heterocycles. The topological polar surface area (TPSA) is 121 Å². The van der Waals surface area contributed by atoms with Crippen LogP contribution in [-0.4, -0.2) is 60.3 Å². The number of benzene rings is 1. The van der Waals surface area contributed by atoms with Crippen LogP contribution < -0.4 is 25.6 Å². The first-order valence-electron chi connectivity index (χ1n) is 9.64. The van der Waals surface area contributed by atoms with E-state index in [2.05, 4.69) is 36.0 Å². The zero-order valence-electron chi connectivity index (χ0n) is 16.8. The van der Waals surface area contributed by atoms with Gasteiger partial charge >= 0.3 is 0 Å². The number of piperazine rings is 1. The number of hydrogen-bond donors (Lipinski definition) is 3. The van der Waals surface area contributed by atoms with E-state index in [1.807, 2.05) is 6.07 Å². The third-order valence-electron chi connectivity index (χ3n) is 4.65. The van der Waals surface area contributed by atoms with Gasteiger partial charge in [0.15, 0.2) is 0 Å². The number of ether oxygens (including phenoxy) is 1. The lowest BCUT2D eigenvalue weighted by Gasteiger charge is -2.30. The van der Waals surface area contributed by atoms with Crippen molar-refractivity contribution in [1.82, 2.24) is 20.5 Å². The molecule has 31 heavy (non-hydrogen) atoms. The number of aromatic nitrogens is 3. The number of methoxy groups -OCH3 is 1. The number of carbonyl (C=O) groups excluding carboxylic acids is 2. The first kappa shape index (κ1) is 20.7. The average molecular weight is 440 g/mol. The Hall–Kier alpha value is -3.57. The number of carbonyl (C=O) groups is 2. The van der Waals surface area contributed by atoms with Gasteiger partial charge in [0.1, 0.15) is 5.75 Å². The van der Waals surface area contributed by atoms with Crippen LogP contribution in [0.4, 0.5) is 17.1 Å². The van der Waals surface area contributed by atoms with Crippen LogP contribution in [-0.2, 0) is 0 Å². The predicted molar refractivity (Wildman–Crippen MR) is 118 cm³/mol. The van der Waals surface area contributed by atoms with Crippen LogP contribution in [0.1, 0.15) is 19.6 Å². The molecule has 0 saturated carbocycles. The molecule has 0 bridgehead atoms. The van der Waals surface area contributed by atoms with Crippen LogP contribution in [0, 0.1) is 0 Å². The second kappa shape index (κ2) is 9.49. The summed E-state index contributed by atoms with van der Waals surface area (Å²) in [7, 11) is 1.55. The monoisotopic (exact) mass is 439 g/mol. The Morgan fingerprint density at radius 3 is 2.58 bits per heavy atom. The molecule has 0 unspecified atom stereocenters. The first-order chi connectivity index (χ1) is 15.1. The largest absolute Gasteiger partial charge is 0.497 e. The van der Waals surface area contributed by atoms with Gasteiger partial charge < -0.3 is 25.6 Å². The van der Waals surface area contributed by atoms with Crippen molar-refractivity contribution in [3.05, 3.63) is 52.7 Å². The number of amides is 2. The standard InChI is InChI=1S/C20H21N7O3S/c1-30-14-4-2-3-13(11-14)23-17(28)19-25-26-20(31-19)18(29)24-15-12-22-6-5-16(15)27-9-7-21-8-10-27/h2-6,11-12,21H,7-10H2,1H3,(H,23,28)(H,24,29). The second-order valence-corrected chi connectivity index (χ2v) is 7.66. The van der Waals surface area contributed by atoms with Crippen molar-refractivity contribution >= 4 is 40.2 Å². The molecule has 160 valence electrons. The van der Waals surface area contributed by atoms with Crippen LogP contribution in [0.15, 0.2) is 42.7 Å². The molecule has 1 aliphatic rings. The second-order valence-electron chi connectivity index (χ2n) is 6.68. The zero-order chi connectivity index (χ0) is 21.6. The number of nitrogens with zero attached hydrogens (tertiary/aromatic N) is 4. The maximum Gasteiger partial charge on any atom is 0.286 e. The summed E-state index contributed by atoms with van der Waals surface area (Å²) in [6.07, 6.45) is 3.30. The lowest BCUT2D eigenvalue weighted by atomic mass is 10.2. The summed E-state index contributed by atoms with van der Waals surface area (Å²) in [5.41, 5.74) is 2.04. The smallest absolute Gasteiger partial charge is 0.286 e. The molecule has 3 heterocycles. The highest BCUT2D eigenvalue weighted by molar-refractivity contribution is 7.15. The van der Waals surface area contributed by atoms with Crippen molar-refractivity contribution in [3.63, 3.8) is 0 Å². The Morgan fingerprint density at radius 2 is 1.84 bits per heavy atom. The van der Waals surface area contributed by atoms with E-state index in [1.165, 1.54) is 0 Å². The third-order valence-corrected chi connectivity index (χ3v) is 5.57. The van der Waals surface area contributed by atoms with Gasteiger partial charge in [0.25, 0.3) is 11.8 Å². The van der Waals surface area contributed by atoms with Crippen molar-refractivity contribution in [2.75, 3.05) is 48.8 Å². The molecule has 1 saturated heterocycles. The van der Waals surface area contributed by atoms with Crippen molar-refractivity contribution < 1.29 is 14.3 Å². The minimum absolute atomic E-state index is 0.0847. The Kier molecular flexibility index (Phi) is 6.34. The van der Waals surface area contributed by atoms with Crippen molar-refractivity contribution in [2.45, 2.75) is 0 Å². The highest BCUT2D eigenvalue weighted by atomic mass is 32.1. The minimum atomic E-state index is -0.451. The molecule has 1 aromatic carbocycles. The number of pyridine rings is 1. The maximum atomic E-state index is 12.7. The molecule has 3 aromatic rings. The van der Waals surface area contributed by atoms with Crippen molar-refractivity contribution in [2.24, 2.45) is 0 Å². The highest BCUT2D eigenvalue weighted by Gasteiger charge is 2.20.